The van der Waals surface area contributed by atoms with E-state index < -0.39 is 24.0 Å². The van der Waals surface area contributed by atoms with Crippen LogP contribution in [0.25, 0.3) is 0 Å². The lowest BCUT2D eigenvalue weighted by Crippen LogP contribution is -2.51. The number of carbonyl (C=O) groups excluding carboxylic acids is 1. The third-order valence-electron chi connectivity index (χ3n) is 3.34. The fourth-order valence-electron chi connectivity index (χ4n) is 2.38. The van der Waals surface area contributed by atoms with Gasteiger partial charge in [-0.1, -0.05) is 30.3 Å². The standard InChI is InChI=1S/C14H17NO4/c1-9-13(14(17)18)11(7-12(16)19-9)15-8-10-5-3-2-4-6-10/h2-6,9,11,13,15H,7-8H2,1H3,(H,17,18)/t9-,11+,13+/m0/s1. The summed E-state index contributed by atoms with van der Waals surface area (Å²) in [6.07, 6.45) is -0.513. The van der Waals surface area contributed by atoms with Crippen molar-refractivity contribution in [1.82, 2.24) is 5.32 Å². The topological polar surface area (TPSA) is 75.6 Å². The molecular weight excluding hydrogens is 246 g/mol. The van der Waals surface area contributed by atoms with Gasteiger partial charge in [0.2, 0.25) is 0 Å². The van der Waals surface area contributed by atoms with E-state index in [4.69, 9.17) is 4.74 Å². The maximum atomic E-state index is 11.4. The van der Waals surface area contributed by atoms with Crippen LogP contribution >= 0.6 is 0 Å². The van der Waals surface area contributed by atoms with Crippen LogP contribution in [0.5, 0.6) is 0 Å². The van der Waals surface area contributed by atoms with Crippen LogP contribution in [-0.4, -0.2) is 29.2 Å². The first-order valence-electron chi connectivity index (χ1n) is 6.27. The van der Waals surface area contributed by atoms with E-state index in [1.807, 2.05) is 30.3 Å². The van der Waals surface area contributed by atoms with E-state index in [-0.39, 0.29) is 12.4 Å². The molecule has 2 rings (SSSR count). The highest BCUT2D eigenvalue weighted by atomic mass is 16.5. The number of carboxylic acids is 1. The number of aliphatic carboxylic acids is 1. The third-order valence-corrected chi connectivity index (χ3v) is 3.34. The fourth-order valence-corrected chi connectivity index (χ4v) is 2.38. The number of hydrogen-bond acceptors (Lipinski definition) is 4. The maximum Gasteiger partial charge on any atom is 0.311 e. The molecule has 0 saturated carbocycles. The minimum absolute atomic E-state index is 0.0914. The highest BCUT2D eigenvalue weighted by Crippen LogP contribution is 2.23. The van der Waals surface area contributed by atoms with Crippen LogP contribution in [0.3, 0.4) is 0 Å². The Kier molecular flexibility index (Phi) is 4.16. The molecule has 1 fully saturated rings. The van der Waals surface area contributed by atoms with E-state index in [0.717, 1.165) is 5.56 Å². The van der Waals surface area contributed by atoms with Gasteiger partial charge in [-0.15, -0.1) is 0 Å². The first kappa shape index (κ1) is 13.5. The van der Waals surface area contributed by atoms with Crippen LogP contribution in [0, 0.1) is 5.92 Å². The molecule has 0 aliphatic carbocycles. The zero-order valence-electron chi connectivity index (χ0n) is 10.7. The quantitative estimate of drug-likeness (QED) is 0.798. The first-order chi connectivity index (χ1) is 9.08. The van der Waals surface area contributed by atoms with E-state index in [1.54, 1.807) is 6.92 Å². The predicted molar refractivity (Wildman–Crippen MR) is 68.4 cm³/mol. The molecule has 0 bridgehead atoms. The number of cyclic esters (lactones) is 1. The molecule has 1 heterocycles. The van der Waals surface area contributed by atoms with Crippen molar-refractivity contribution in [2.24, 2.45) is 5.92 Å². The van der Waals surface area contributed by atoms with Gasteiger partial charge in [0.15, 0.2) is 0 Å². The molecule has 1 aromatic rings. The Labute approximate surface area is 111 Å². The molecule has 0 unspecified atom stereocenters. The summed E-state index contributed by atoms with van der Waals surface area (Å²) < 4.78 is 4.98. The molecule has 5 nitrogen and oxygen atoms in total. The molecule has 0 radical (unpaired) electrons. The molecule has 3 atom stereocenters. The highest BCUT2D eigenvalue weighted by Gasteiger charge is 2.40. The maximum absolute atomic E-state index is 11.4. The molecule has 0 spiro atoms. The van der Waals surface area contributed by atoms with Gasteiger partial charge < -0.3 is 15.2 Å². The van der Waals surface area contributed by atoms with E-state index in [9.17, 15) is 14.7 Å². The second-order valence-corrected chi connectivity index (χ2v) is 4.74. The van der Waals surface area contributed by atoms with Crippen molar-refractivity contribution < 1.29 is 19.4 Å². The molecule has 2 N–H and O–H groups in total. The summed E-state index contributed by atoms with van der Waals surface area (Å²) in [6, 6.07) is 9.27. The largest absolute Gasteiger partial charge is 0.481 e. The summed E-state index contributed by atoms with van der Waals surface area (Å²) in [5.74, 6) is -2.00. The number of nitrogens with one attached hydrogen (secondary N) is 1. The van der Waals surface area contributed by atoms with Crippen molar-refractivity contribution >= 4 is 11.9 Å². The van der Waals surface area contributed by atoms with Crippen LogP contribution in [0.1, 0.15) is 18.9 Å². The summed E-state index contributed by atoms with van der Waals surface area (Å²) in [5, 5.41) is 12.4. The lowest BCUT2D eigenvalue weighted by molar-refractivity contribution is -0.167. The molecule has 1 aliphatic heterocycles. The van der Waals surface area contributed by atoms with Gasteiger partial charge in [0, 0.05) is 12.6 Å². The monoisotopic (exact) mass is 263 g/mol. The van der Waals surface area contributed by atoms with Crippen molar-refractivity contribution in [3.8, 4) is 0 Å². The van der Waals surface area contributed by atoms with E-state index in [0.29, 0.717) is 6.54 Å². The number of ether oxygens (including phenoxy) is 1. The van der Waals surface area contributed by atoms with Gasteiger partial charge in [0.05, 0.1) is 6.42 Å². The van der Waals surface area contributed by atoms with Gasteiger partial charge in [-0.05, 0) is 12.5 Å². The summed E-state index contributed by atoms with van der Waals surface area (Å²) in [7, 11) is 0. The van der Waals surface area contributed by atoms with E-state index in [1.165, 1.54) is 0 Å². The number of carboxylic acid groups (broad SMARTS) is 1. The van der Waals surface area contributed by atoms with Gasteiger partial charge in [0.25, 0.3) is 0 Å². The smallest absolute Gasteiger partial charge is 0.311 e. The first-order valence-corrected chi connectivity index (χ1v) is 6.27. The van der Waals surface area contributed by atoms with Gasteiger partial charge in [0.1, 0.15) is 12.0 Å². The molecule has 1 saturated heterocycles. The molecule has 0 amide bonds. The Morgan fingerprint density at radius 1 is 1.42 bits per heavy atom. The molecule has 1 aliphatic rings. The zero-order valence-corrected chi connectivity index (χ0v) is 10.7. The van der Waals surface area contributed by atoms with E-state index >= 15 is 0 Å². The highest BCUT2D eigenvalue weighted by molar-refractivity contribution is 5.78. The fraction of sp³-hybridized carbons (Fsp3) is 0.429. The summed E-state index contributed by atoms with van der Waals surface area (Å²) in [6.45, 7) is 2.16. The van der Waals surface area contributed by atoms with Crippen molar-refractivity contribution in [1.29, 1.82) is 0 Å². The lowest BCUT2D eigenvalue weighted by atomic mass is 9.89. The number of esters is 1. The average Bonchev–Trinajstić information content (AvgIpc) is 2.36. The Morgan fingerprint density at radius 3 is 2.74 bits per heavy atom. The zero-order chi connectivity index (χ0) is 13.8. The Bertz CT molecular complexity index is 460. The van der Waals surface area contributed by atoms with Crippen LogP contribution < -0.4 is 5.32 Å². The van der Waals surface area contributed by atoms with Crippen molar-refractivity contribution in [2.75, 3.05) is 0 Å². The second-order valence-electron chi connectivity index (χ2n) is 4.74. The van der Waals surface area contributed by atoms with Crippen LogP contribution in [0.15, 0.2) is 30.3 Å². The van der Waals surface area contributed by atoms with Gasteiger partial charge in [-0.25, -0.2) is 0 Å². The van der Waals surface area contributed by atoms with Gasteiger partial charge in [-0.2, -0.15) is 0 Å². The minimum atomic E-state index is -0.939. The molecule has 1 aromatic carbocycles. The minimum Gasteiger partial charge on any atom is -0.481 e. The molecule has 5 heteroatoms. The predicted octanol–water partition coefficient (Wildman–Crippen LogP) is 1.18. The van der Waals surface area contributed by atoms with Crippen LogP contribution in [-0.2, 0) is 20.9 Å². The average molecular weight is 263 g/mol. The summed E-state index contributed by atoms with van der Waals surface area (Å²) in [5.41, 5.74) is 1.05. The van der Waals surface area contributed by atoms with Crippen LogP contribution in [0.2, 0.25) is 0 Å². The SMILES string of the molecule is C[C@@H]1OC(=O)C[C@@H](NCc2ccccc2)[C@@H]1C(=O)O. The Hall–Kier alpha value is -1.88. The molecule has 0 aromatic heterocycles. The van der Waals surface area contributed by atoms with Crippen molar-refractivity contribution in [2.45, 2.75) is 32.0 Å². The lowest BCUT2D eigenvalue weighted by Gasteiger charge is -2.33. The molecular formula is C14H17NO4. The number of hydrogen-bond donors (Lipinski definition) is 2. The number of carbonyl (C=O) groups is 2. The third kappa shape index (κ3) is 3.32. The number of rotatable bonds is 4. The Balaban J connectivity index is 2.03. The summed E-state index contributed by atoms with van der Waals surface area (Å²) >= 11 is 0. The molecule has 19 heavy (non-hydrogen) atoms. The summed E-state index contributed by atoms with van der Waals surface area (Å²) in [4.78, 5) is 22.7. The number of benzene rings is 1. The van der Waals surface area contributed by atoms with E-state index in [2.05, 4.69) is 5.32 Å². The molecule has 102 valence electrons. The van der Waals surface area contributed by atoms with Gasteiger partial charge in [-0.3, -0.25) is 9.59 Å². The second kappa shape index (κ2) is 5.84. The van der Waals surface area contributed by atoms with Crippen molar-refractivity contribution in [3.05, 3.63) is 35.9 Å². The normalized spacial score (nSPS) is 26.8. The Morgan fingerprint density at radius 2 is 2.11 bits per heavy atom. The van der Waals surface area contributed by atoms with Gasteiger partial charge >= 0.3 is 11.9 Å². The van der Waals surface area contributed by atoms with Crippen molar-refractivity contribution in [3.63, 3.8) is 0 Å². The van der Waals surface area contributed by atoms with Crippen LogP contribution in [0.4, 0.5) is 0 Å².